The van der Waals surface area contributed by atoms with Crippen LogP contribution in [0.2, 0.25) is 0 Å². The Kier molecular flexibility index (Phi) is 2.79. The number of aliphatic hydroxyl groups is 2. The summed E-state index contributed by atoms with van der Waals surface area (Å²) in [6, 6.07) is 0. The Morgan fingerprint density at radius 1 is 1.30 bits per heavy atom. The van der Waals surface area contributed by atoms with Gasteiger partial charge in [-0.05, 0) is 20.3 Å². The highest BCUT2D eigenvalue weighted by molar-refractivity contribution is 4.87. The lowest BCUT2D eigenvalue weighted by Crippen LogP contribution is -2.58. The van der Waals surface area contributed by atoms with Crippen LogP contribution in [-0.4, -0.2) is 26.7 Å². The summed E-state index contributed by atoms with van der Waals surface area (Å²) in [7, 11) is 0. The lowest BCUT2D eigenvalue weighted by molar-refractivity contribution is -0.202. The lowest BCUT2D eigenvalue weighted by atomic mass is 9.93. The smallest absolute Gasteiger partial charge is 0.165 e. The predicted octanol–water partition coefficient (Wildman–Crippen LogP) is -0.165. The maximum Gasteiger partial charge on any atom is 0.165 e. The molecule has 4 heteroatoms. The van der Waals surface area contributed by atoms with Crippen molar-refractivity contribution in [1.82, 2.24) is 5.48 Å². The standard InChI is InChI=1S/C6H15NO3/c1-4-6(9,7-10)5(2,3)8/h7-10H,4H2,1-3H3. The molecule has 62 valence electrons. The van der Waals surface area contributed by atoms with Crippen LogP contribution >= 0.6 is 0 Å². The molecule has 0 bridgehead atoms. The second kappa shape index (κ2) is 2.84. The molecule has 0 amide bonds. The summed E-state index contributed by atoms with van der Waals surface area (Å²) >= 11 is 0. The zero-order valence-electron chi connectivity index (χ0n) is 6.55. The van der Waals surface area contributed by atoms with Gasteiger partial charge in [0.05, 0.1) is 0 Å². The quantitative estimate of drug-likeness (QED) is 0.332. The molecule has 0 saturated carbocycles. The van der Waals surface area contributed by atoms with Crippen LogP contribution in [0.3, 0.4) is 0 Å². The van der Waals surface area contributed by atoms with Crippen LogP contribution < -0.4 is 5.48 Å². The van der Waals surface area contributed by atoms with Crippen molar-refractivity contribution in [3.63, 3.8) is 0 Å². The van der Waals surface area contributed by atoms with Crippen LogP contribution in [0.5, 0.6) is 0 Å². The summed E-state index contributed by atoms with van der Waals surface area (Å²) in [5.41, 5.74) is -1.30. The van der Waals surface area contributed by atoms with Gasteiger partial charge in [0, 0.05) is 0 Å². The average molecular weight is 149 g/mol. The van der Waals surface area contributed by atoms with Gasteiger partial charge in [-0.25, -0.2) is 0 Å². The molecule has 0 aliphatic rings. The Morgan fingerprint density at radius 3 is 1.70 bits per heavy atom. The van der Waals surface area contributed by atoms with Crippen molar-refractivity contribution in [2.45, 2.75) is 38.5 Å². The Morgan fingerprint density at radius 2 is 1.70 bits per heavy atom. The third kappa shape index (κ3) is 1.67. The molecule has 0 aromatic rings. The topological polar surface area (TPSA) is 72.7 Å². The molecule has 4 nitrogen and oxygen atoms in total. The highest BCUT2D eigenvalue weighted by Gasteiger charge is 2.40. The second-order valence-corrected chi connectivity index (χ2v) is 2.88. The molecule has 0 radical (unpaired) electrons. The predicted molar refractivity (Wildman–Crippen MR) is 36.5 cm³/mol. The minimum absolute atomic E-state index is 0.229. The number of hydroxylamine groups is 1. The molecule has 0 spiro atoms. The minimum atomic E-state index is -1.62. The van der Waals surface area contributed by atoms with Gasteiger partial charge in [0.15, 0.2) is 5.72 Å². The fourth-order valence-corrected chi connectivity index (χ4v) is 0.648. The van der Waals surface area contributed by atoms with Crippen molar-refractivity contribution in [1.29, 1.82) is 0 Å². The zero-order chi connectivity index (χ0) is 8.41. The third-order valence-electron chi connectivity index (χ3n) is 1.71. The summed E-state index contributed by atoms with van der Waals surface area (Å²) in [5, 5.41) is 27.1. The van der Waals surface area contributed by atoms with Gasteiger partial charge in [-0.1, -0.05) is 6.92 Å². The van der Waals surface area contributed by atoms with Crippen LogP contribution in [-0.2, 0) is 0 Å². The number of rotatable bonds is 3. The van der Waals surface area contributed by atoms with Crippen LogP contribution in [0.1, 0.15) is 27.2 Å². The van der Waals surface area contributed by atoms with E-state index < -0.39 is 11.3 Å². The normalized spacial score (nSPS) is 18.6. The Labute approximate surface area is 60.5 Å². The Balaban J connectivity index is 4.33. The van der Waals surface area contributed by atoms with E-state index in [2.05, 4.69) is 0 Å². The largest absolute Gasteiger partial charge is 0.386 e. The van der Waals surface area contributed by atoms with Crippen LogP contribution in [0.15, 0.2) is 0 Å². The van der Waals surface area contributed by atoms with E-state index in [4.69, 9.17) is 5.21 Å². The first kappa shape index (κ1) is 9.84. The van der Waals surface area contributed by atoms with Gasteiger partial charge in [-0.2, -0.15) is 5.48 Å². The van der Waals surface area contributed by atoms with Gasteiger partial charge in [0.2, 0.25) is 0 Å². The van der Waals surface area contributed by atoms with Gasteiger partial charge in [-0.3, -0.25) is 0 Å². The molecule has 0 fully saturated rings. The molecule has 0 saturated heterocycles. The molecule has 4 N–H and O–H groups in total. The van der Waals surface area contributed by atoms with Crippen LogP contribution in [0.4, 0.5) is 0 Å². The van der Waals surface area contributed by atoms with E-state index in [9.17, 15) is 10.2 Å². The molecule has 0 heterocycles. The number of hydrogen-bond donors (Lipinski definition) is 4. The first-order valence-corrected chi connectivity index (χ1v) is 3.23. The highest BCUT2D eigenvalue weighted by atomic mass is 16.5. The molecule has 0 aliphatic carbocycles. The van der Waals surface area contributed by atoms with Gasteiger partial charge in [0.25, 0.3) is 0 Å². The minimum Gasteiger partial charge on any atom is -0.386 e. The molecule has 0 rings (SSSR count). The third-order valence-corrected chi connectivity index (χ3v) is 1.71. The van der Waals surface area contributed by atoms with E-state index >= 15 is 0 Å². The maximum absolute atomic E-state index is 9.35. The van der Waals surface area contributed by atoms with E-state index in [1.807, 2.05) is 0 Å². The van der Waals surface area contributed by atoms with Gasteiger partial charge < -0.3 is 15.4 Å². The van der Waals surface area contributed by atoms with Crippen molar-refractivity contribution in [2.24, 2.45) is 0 Å². The number of nitrogens with one attached hydrogen (secondary N) is 1. The SMILES string of the molecule is CCC(O)(NO)C(C)(C)O. The zero-order valence-corrected chi connectivity index (χ0v) is 6.55. The molecular formula is C6H15NO3. The Bertz CT molecular complexity index is 104. The summed E-state index contributed by atoms with van der Waals surface area (Å²) in [6.07, 6.45) is 0.229. The summed E-state index contributed by atoms with van der Waals surface area (Å²) in [4.78, 5) is 0. The Hall–Kier alpha value is -0.160. The van der Waals surface area contributed by atoms with Gasteiger partial charge in [-0.15, -0.1) is 0 Å². The van der Waals surface area contributed by atoms with Crippen molar-refractivity contribution < 1.29 is 15.4 Å². The van der Waals surface area contributed by atoms with E-state index in [0.717, 1.165) is 0 Å². The second-order valence-electron chi connectivity index (χ2n) is 2.88. The fourth-order valence-electron chi connectivity index (χ4n) is 0.648. The summed E-state index contributed by atoms with van der Waals surface area (Å²) < 4.78 is 0. The summed E-state index contributed by atoms with van der Waals surface area (Å²) in [6.45, 7) is 4.49. The summed E-state index contributed by atoms with van der Waals surface area (Å²) in [5.74, 6) is 0. The molecule has 1 atom stereocenters. The van der Waals surface area contributed by atoms with Crippen molar-refractivity contribution in [3.8, 4) is 0 Å². The van der Waals surface area contributed by atoms with Crippen molar-refractivity contribution >= 4 is 0 Å². The highest BCUT2D eigenvalue weighted by Crippen LogP contribution is 2.21. The fraction of sp³-hybridized carbons (Fsp3) is 1.00. The van der Waals surface area contributed by atoms with Crippen molar-refractivity contribution in [3.05, 3.63) is 0 Å². The number of hydrogen-bond acceptors (Lipinski definition) is 4. The lowest BCUT2D eigenvalue weighted by Gasteiger charge is -2.36. The average Bonchev–Trinajstić information content (AvgIpc) is 1.84. The van der Waals surface area contributed by atoms with E-state index in [-0.39, 0.29) is 6.42 Å². The molecular weight excluding hydrogens is 134 g/mol. The van der Waals surface area contributed by atoms with Crippen LogP contribution in [0, 0.1) is 0 Å². The first-order valence-electron chi connectivity index (χ1n) is 3.23. The van der Waals surface area contributed by atoms with Gasteiger partial charge >= 0.3 is 0 Å². The monoisotopic (exact) mass is 149 g/mol. The van der Waals surface area contributed by atoms with E-state index in [1.165, 1.54) is 13.8 Å². The molecule has 0 aliphatic heterocycles. The molecule has 10 heavy (non-hydrogen) atoms. The molecule has 0 aromatic heterocycles. The van der Waals surface area contributed by atoms with Crippen molar-refractivity contribution in [2.75, 3.05) is 0 Å². The van der Waals surface area contributed by atoms with E-state index in [1.54, 1.807) is 12.4 Å². The molecule has 0 aromatic carbocycles. The first-order chi connectivity index (χ1) is 4.37. The van der Waals surface area contributed by atoms with E-state index in [0.29, 0.717) is 0 Å². The molecule has 1 unspecified atom stereocenters. The van der Waals surface area contributed by atoms with Crippen LogP contribution in [0.25, 0.3) is 0 Å². The van der Waals surface area contributed by atoms with Gasteiger partial charge in [0.1, 0.15) is 5.60 Å². The maximum atomic E-state index is 9.35.